The maximum atomic E-state index is 12.1. The highest BCUT2D eigenvalue weighted by Crippen LogP contribution is 2.33. The SMILES string of the molecule is NCCOCCO[C@@H]1O[C@@H](C(=O)O)[C@@H](O[C@@H]2O[C@@H](C(=O)O)[C@@H](O[C@@H]3O[C@@H](C(=O)O)[C@@H](OS(=O)(=O)O)[C@H](O)[C@H]3O)[C@H](O)[C@H]2O)[C@H](O)[C@H]1O. The van der Waals surface area contributed by atoms with Crippen LogP contribution in [0.25, 0.3) is 0 Å². The van der Waals surface area contributed by atoms with Crippen molar-refractivity contribution in [1.82, 2.24) is 0 Å². The van der Waals surface area contributed by atoms with Crippen molar-refractivity contribution in [2.24, 2.45) is 5.73 Å². The third-order valence-electron chi connectivity index (χ3n) is 6.95. The number of carboxylic acids is 3. The molecule has 0 aromatic carbocycles. The normalized spacial score (nSPS) is 41.3. The first-order chi connectivity index (χ1) is 21.9. The summed E-state index contributed by atoms with van der Waals surface area (Å²) in [4.78, 5) is 35.6. The van der Waals surface area contributed by atoms with Gasteiger partial charge in [-0.25, -0.2) is 18.6 Å². The van der Waals surface area contributed by atoms with E-state index in [1.54, 1.807) is 0 Å². The van der Waals surface area contributed by atoms with Gasteiger partial charge in [-0.1, -0.05) is 0 Å². The molecule has 0 saturated carbocycles. The summed E-state index contributed by atoms with van der Waals surface area (Å²) in [5.41, 5.74) is 5.28. The molecule has 47 heavy (non-hydrogen) atoms. The molecule has 24 nitrogen and oxygen atoms in total. The summed E-state index contributed by atoms with van der Waals surface area (Å²) >= 11 is 0. The first-order valence-corrected chi connectivity index (χ1v) is 14.8. The number of rotatable bonds is 15. The average molecular weight is 714 g/mol. The molecule has 0 amide bonds. The molecule has 3 saturated heterocycles. The van der Waals surface area contributed by atoms with Gasteiger partial charge in [0.15, 0.2) is 37.2 Å². The summed E-state index contributed by atoms with van der Waals surface area (Å²) in [6.07, 6.45) is -34.0. The van der Waals surface area contributed by atoms with E-state index >= 15 is 0 Å². The van der Waals surface area contributed by atoms with Crippen molar-refractivity contribution in [3.8, 4) is 0 Å². The molecule has 25 heteroatoms. The van der Waals surface area contributed by atoms with E-state index in [9.17, 15) is 68.8 Å². The Labute approximate surface area is 263 Å². The number of aliphatic carboxylic acids is 3. The van der Waals surface area contributed by atoms with Crippen LogP contribution in [0.5, 0.6) is 0 Å². The highest BCUT2D eigenvalue weighted by atomic mass is 32.3. The molecule has 3 rings (SSSR count). The second-order valence-corrected chi connectivity index (χ2v) is 11.2. The summed E-state index contributed by atoms with van der Waals surface area (Å²) in [5.74, 6) is -5.75. The second kappa shape index (κ2) is 16.4. The summed E-state index contributed by atoms with van der Waals surface area (Å²) in [6.45, 7) is 0.0800. The largest absolute Gasteiger partial charge is 0.479 e. The van der Waals surface area contributed by atoms with E-state index in [1.807, 2.05) is 0 Å². The van der Waals surface area contributed by atoms with E-state index in [1.165, 1.54) is 0 Å². The summed E-state index contributed by atoms with van der Waals surface area (Å²) in [6, 6.07) is 0. The van der Waals surface area contributed by atoms with E-state index in [2.05, 4.69) is 4.18 Å². The fourth-order valence-corrected chi connectivity index (χ4v) is 5.24. The van der Waals surface area contributed by atoms with Gasteiger partial charge in [-0.3, -0.25) is 4.55 Å². The first kappa shape index (κ1) is 39.2. The Balaban J connectivity index is 1.76. The Bertz CT molecular complexity index is 1190. The van der Waals surface area contributed by atoms with Gasteiger partial charge in [-0.15, -0.1) is 0 Å². The quantitative estimate of drug-likeness (QED) is 0.0554. The topological polar surface area (TPSA) is 388 Å². The van der Waals surface area contributed by atoms with Crippen molar-refractivity contribution < 1.29 is 111 Å². The van der Waals surface area contributed by atoms with Gasteiger partial charge in [0.2, 0.25) is 0 Å². The third-order valence-corrected chi connectivity index (χ3v) is 7.42. The second-order valence-electron chi connectivity index (χ2n) is 10.2. The first-order valence-electron chi connectivity index (χ1n) is 13.5. The number of hydrogen-bond donors (Lipinski definition) is 11. The van der Waals surface area contributed by atoms with Crippen LogP contribution in [-0.2, 0) is 62.1 Å². The van der Waals surface area contributed by atoms with Crippen LogP contribution in [0.2, 0.25) is 0 Å². The fourth-order valence-electron chi connectivity index (χ4n) is 4.74. The minimum atomic E-state index is -5.41. The lowest BCUT2D eigenvalue weighted by atomic mass is 9.95. The molecule has 3 aliphatic heterocycles. The number of nitrogens with two attached hydrogens (primary N) is 1. The van der Waals surface area contributed by atoms with Crippen LogP contribution in [0.3, 0.4) is 0 Å². The fraction of sp³-hybridized carbons (Fsp3) is 0.864. The summed E-state index contributed by atoms with van der Waals surface area (Å²) in [5, 5.41) is 92.0. The van der Waals surface area contributed by atoms with Crippen LogP contribution in [0.1, 0.15) is 0 Å². The molecule has 3 aliphatic rings. The van der Waals surface area contributed by atoms with Crippen molar-refractivity contribution >= 4 is 28.3 Å². The molecule has 0 aliphatic carbocycles. The van der Waals surface area contributed by atoms with Gasteiger partial charge in [0, 0.05) is 6.54 Å². The highest BCUT2D eigenvalue weighted by molar-refractivity contribution is 7.80. The smallest absolute Gasteiger partial charge is 0.397 e. The molecule has 0 unspecified atom stereocenters. The Kier molecular flexibility index (Phi) is 13.7. The Morgan fingerprint density at radius 2 is 0.979 bits per heavy atom. The lowest BCUT2D eigenvalue weighted by Crippen LogP contribution is -2.67. The Hall–Kier alpha value is -2.28. The molecular formula is C22H35NO23S. The van der Waals surface area contributed by atoms with E-state index in [-0.39, 0.29) is 26.4 Å². The molecule has 3 heterocycles. The van der Waals surface area contributed by atoms with Crippen molar-refractivity contribution in [2.45, 2.75) is 92.1 Å². The lowest BCUT2D eigenvalue weighted by Gasteiger charge is -2.47. The van der Waals surface area contributed by atoms with Gasteiger partial charge >= 0.3 is 28.3 Å². The van der Waals surface area contributed by atoms with Crippen LogP contribution in [0.15, 0.2) is 0 Å². The zero-order valence-corrected chi connectivity index (χ0v) is 24.6. The third kappa shape index (κ3) is 9.45. The summed E-state index contributed by atoms with van der Waals surface area (Å²) < 4.78 is 71.1. The van der Waals surface area contributed by atoms with Crippen LogP contribution >= 0.6 is 0 Å². The van der Waals surface area contributed by atoms with E-state index < -0.39 is 120 Å². The van der Waals surface area contributed by atoms with Crippen molar-refractivity contribution in [1.29, 1.82) is 0 Å². The molecule has 0 aromatic rings. The van der Waals surface area contributed by atoms with Gasteiger partial charge in [-0.05, 0) is 0 Å². The molecule has 3 fully saturated rings. The maximum absolute atomic E-state index is 12.1. The predicted molar refractivity (Wildman–Crippen MR) is 137 cm³/mol. The Morgan fingerprint density at radius 3 is 1.38 bits per heavy atom. The van der Waals surface area contributed by atoms with E-state index in [4.69, 9.17) is 43.4 Å². The van der Waals surface area contributed by atoms with Crippen molar-refractivity contribution in [2.75, 3.05) is 26.4 Å². The monoisotopic (exact) mass is 713 g/mol. The van der Waals surface area contributed by atoms with Gasteiger partial charge in [0.05, 0.1) is 19.8 Å². The lowest BCUT2D eigenvalue weighted by molar-refractivity contribution is -0.369. The zero-order chi connectivity index (χ0) is 35.4. The number of carbonyl (C=O) groups is 3. The highest BCUT2D eigenvalue weighted by Gasteiger charge is 2.57. The summed E-state index contributed by atoms with van der Waals surface area (Å²) in [7, 11) is -5.41. The maximum Gasteiger partial charge on any atom is 0.397 e. The van der Waals surface area contributed by atoms with Gasteiger partial charge < -0.3 is 84.9 Å². The molecule has 272 valence electrons. The molecule has 0 spiro atoms. The number of aliphatic hydroxyl groups is 6. The van der Waals surface area contributed by atoms with Crippen LogP contribution in [-0.4, -0.2) is 195 Å². The van der Waals surface area contributed by atoms with Gasteiger partial charge in [0.1, 0.15) is 54.9 Å². The minimum absolute atomic E-state index is 0.0465. The molecule has 0 aromatic heterocycles. The number of ether oxygens (including phenoxy) is 7. The average Bonchev–Trinajstić information content (AvgIpc) is 2.98. The van der Waals surface area contributed by atoms with E-state index in [0.717, 1.165) is 0 Å². The molecule has 12 N–H and O–H groups in total. The number of aliphatic hydroxyl groups excluding tert-OH is 6. The minimum Gasteiger partial charge on any atom is -0.479 e. The van der Waals surface area contributed by atoms with Crippen LogP contribution in [0.4, 0.5) is 0 Å². The standard InChI is InChI=1S/C22H35NO23S/c23-1-2-39-3-4-40-20-8(27)5(24)11(14(43-20)17(30)31)41-21-9(28)6(25)12(15(44-21)18(32)33)42-22-10(29)7(26)13(46-47(36,37)38)16(45-22)19(34)35/h5-16,20-22,24-29H,1-4,23H2,(H,30,31)(H,32,33)(H,34,35)(H,36,37,38)/t5-,6-,7-,8-,9-,10-,11+,12+,13+,14-,15-,16-,20-,21-,22-/m1/s1. The molecule has 15 atom stereocenters. The van der Waals surface area contributed by atoms with Gasteiger partial charge in [-0.2, -0.15) is 8.42 Å². The number of carboxylic acid groups (broad SMARTS) is 3. The molecular weight excluding hydrogens is 678 g/mol. The van der Waals surface area contributed by atoms with Crippen molar-refractivity contribution in [3.63, 3.8) is 0 Å². The Morgan fingerprint density at radius 1 is 0.596 bits per heavy atom. The zero-order valence-electron chi connectivity index (χ0n) is 23.8. The predicted octanol–water partition coefficient (Wildman–Crippen LogP) is -7.47. The molecule has 0 radical (unpaired) electrons. The molecule has 0 bridgehead atoms. The van der Waals surface area contributed by atoms with Gasteiger partial charge in [0.25, 0.3) is 0 Å². The number of hydrogen-bond acceptors (Lipinski definition) is 20. The van der Waals surface area contributed by atoms with Crippen molar-refractivity contribution in [3.05, 3.63) is 0 Å². The van der Waals surface area contributed by atoms with Crippen LogP contribution < -0.4 is 5.73 Å². The van der Waals surface area contributed by atoms with E-state index in [0.29, 0.717) is 0 Å². The van der Waals surface area contributed by atoms with Crippen LogP contribution in [0, 0.1) is 0 Å².